The number of aliphatic hydroxyl groups is 1. The van der Waals surface area contributed by atoms with E-state index in [4.69, 9.17) is 11.6 Å². The highest BCUT2D eigenvalue weighted by molar-refractivity contribution is 6.30. The van der Waals surface area contributed by atoms with Crippen molar-refractivity contribution in [2.45, 2.75) is 12.5 Å². The Morgan fingerprint density at radius 1 is 1.37 bits per heavy atom. The number of nitrogens with one attached hydrogen (secondary N) is 1. The van der Waals surface area contributed by atoms with E-state index in [1.165, 1.54) is 0 Å². The van der Waals surface area contributed by atoms with E-state index in [1.54, 1.807) is 24.3 Å². The summed E-state index contributed by atoms with van der Waals surface area (Å²) in [6.07, 6.45) is 0.290. The Morgan fingerprint density at radius 2 is 2.05 bits per heavy atom. The zero-order chi connectivity index (χ0) is 13.8. The molecular weight excluding hydrogens is 268 g/mol. The van der Waals surface area contributed by atoms with E-state index >= 15 is 0 Å². The molecule has 0 bridgehead atoms. The lowest BCUT2D eigenvalue weighted by molar-refractivity contribution is -0.121. The fourth-order valence-electron chi connectivity index (χ4n) is 2.00. The predicted octanol–water partition coefficient (Wildman–Crippen LogP) is 0.663. The molecule has 2 rings (SSSR count). The maximum absolute atomic E-state index is 11.8. The Balaban J connectivity index is 1.85. The number of carbonyl (C=O) groups is 2. The molecule has 1 atom stereocenters. The normalized spacial score (nSPS) is 19.4. The summed E-state index contributed by atoms with van der Waals surface area (Å²) in [5.41, 5.74) is 0.388. The van der Waals surface area contributed by atoms with Gasteiger partial charge in [-0.25, -0.2) is 0 Å². The smallest absolute Gasteiger partial charge is 0.257 e. The summed E-state index contributed by atoms with van der Waals surface area (Å²) < 4.78 is 0. The van der Waals surface area contributed by atoms with Crippen molar-refractivity contribution in [2.24, 2.45) is 0 Å². The molecule has 2 N–H and O–H groups in total. The largest absolute Gasteiger partial charge is 0.392 e. The molecule has 19 heavy (non-hydrogen) atoms. The number of carbonyl (C=O) groups excluding carboxylic acids is 2. The van der Waals surface area contributed by atoms with Crippen LogP contribution in [0.4, 0.5) is 0 Å². The maximum atomic E-state index is 11.8. The van der Waals surface area contributed by atoms with E-state index < -0.39 is 5.91 Å². The van der Waals surface area contributed by atoms with E-state index in [-0.39, 0.29) is 18.6 Å². The zero-order valence-electron chi connectivity index (χ0n) is 10.3. The quantitative estimate of drug-likeness (QED) is 0.855. The highest BCUT2D eigenvalue weighted by Crippen LogP contribution is 2.10. The van der Waals surface area contributed by atoms with Gasteiger partial charge in [0.2, 0.25) is 5.91 Å². The van der Waals surface area contributed by atoms with Crippen LogP contribution < -0.4 is 5.32 Å². The van der Waals surface area contributed by atoms with Crippen LogP contribution in [0, 0.1) is 0 Å². The molecule has 0 radical (unpaired) electrons. The van der Waals surface area contributed by atoms with Crippen molar-refractivity contribution in [1.82, 2.24) is 10.2 Å². The SMILES string of the molecule is O=C(CN1CCC(O)C1)NC(=O)c1ccc(Cl)cc1. The number of amides is 2. The van der Waals surface area contributed by atoms with Crippen molar-refractivity contribution < 1.29 is 14.7 Å². The van der Waals surface area contributed by atoms with Crippen LogP contribution >= 0.6 is 11.6 Å². The molecule has 1 aliphatic rings. The summed E-state index contributed by atoms with van der Waals surface area (Å²) >= 11 is 5.72. The zero-order valence-corrected chi connectivity index (χ0v) is 11.1. The van der Waals surface area contributed by atoms with Gasteiger partial charge in [0.25, 0.3) is 5.91 Å². The van der Waals surface area contributed by atoms with Crippen LogP contribution in [-0.2, 0) is 4.79 Å². The number of nitrogens with zero attached hydrogens (tertiary/aromatic N) is 1. The van der Waals surface area contributed by atoms with Gasteiger partial charge in [-0.1, -0.05) is 11.6 Å². The minimum absolute atomic E-state index is 0.121. The van der Waals surface area contributed by atoms with Gasteiger partial charge in [-0.2, -0.15) is 0 Å². The second-order valence-corrected chi connectivity index (χ2v) is 5.00. The average Bonchev–Trinajstić information content (AvgIpc) is 2.75. The Labute approximate surface area is 116 Å². The molecule has 1 aromatic rings. The first kappa shape index (κ1) is 14.0. The Hall–Kier alpha value is -1.43. The molecule has 1 aliphatic heterocycles. The van der Waals surface area contributed by atoms with Crippen LogP contribution in [0.5, 0.6) is 0 Å². The fourth-order valence-corrected chi connectivity index (χ4v) is 2.12. The monoisotopic (exact) mass is 282 g/mol. The van der Waals surface area contributed by atoms with Crippen LogP contribution in [0.25, 0.3) is 0 Å². The number of imide groups is 1. The molecule has 0 aromatic heterocycles. The second kappa shape index (κ2) is 6.14. The van der Waals surface area contributed by atoms with Gasteiger partial charge in [0.15, 0.2) is 0 Å². The van der Waals surface area contributed by atoms with Gasteiger partial charge in [0.05, 0.1) is 12.6 Å². The number of β-amino-alcohol motifs (C(OH)–C–C–N with tert-alkyl or cyclic N) is 1. The summed E-state index contributed by atoms with van der Waals surface area (Å²) in [6, 6.07) is 6.31. The minimum atomic E-state index is -0.443. The van der Waals surface area contributed by atoms with E-state index in [1.807, 2.05) is 4.90 Å². The number of hydrogen-bond donors (Lipinski definition) is 2. The maximum Gasteiger partial charge on any atom is 0.257 e. The minimum Gasteiger partial charge on any atom is -0.392 e. The number of benzene rings is 1. The Morgan fingerprint density at radius 3 is 2.63 bits per heavy atom. The van der Waals surface area contributed by atoms with Gasteiger partial charge >= 0.3 is 0 Å². The Bertz CT molecular complexity index is 475. The van der Waals surface area contributed by atoms with E-state index in [2.05, 4.69) is 5.32 Å². The summed E-state index contributed by atoms with van der Waals surface area (Å²) in [7, 11) is 0. The molecule has 2 amide bonds. The molecule has 1 unspecified atom stereocenters. The summed E-state index contributed by atoms with van der Waals surface area (Å²) in [4.78, 5) is 25.3. The molecule has 6 heteroatoms. The van der Waals surface area contributed by atoms with E-state index in [9.17, 15) is 14.7 Å². The first-order valence-corrected chi connectivity index (χ1v) is 6.42. The number of likely N-dealkylation sites (tertiary alicyclic amines) is 1. The molecule has 102 valence electrons. The summed E-state index contributed by atoms with van der Waals surface area (Å²) in [6.45, 7) is 1.27. The third-order valence-electron chi connectivity index (χ3n) is 2.97. The van der Waals surface area contributed by atoms with Gasteiger partial charge < -0.3 is 5.11 Å². The predicted molar refractivity (Wildman–Crippen MR) is 71.0 cm³/mol. The van der Waals surface area contributed by atoms with Gasteiger partial charge in [0, 0.05) is 23.7 Å². The highest BCUT2D eigenvalue weighted by atomic mass is 35.5. The second-order valence-electron chi connectivity index (χ2n) is 4.56. The van der Waals surface area contributed by atoms with Crippen molar-refractivity contribution in [3.63, 3.8) is 0 Å². The van der Waals surface area contributed by atoms with Gasteiger partial charge in [-0.15, -0.1) is 0 Å². The van der Waals surface area contributed by atoms with Gasteiger partial charge in [0.1, 0.15) is 0 Å². The van der Waals surface area contributed by atoms with E-state index in [0.29, 0.717) is 30.1 Å². The number of hydrogen-bond acceptors (Lipinski definition) is 4. The first-order valence-electron chi connectivity index (χ1n) is 6.05. The fraction of sp³-hybridized carbons (Fsp3) is 0.385. The first-order chi connectivity index (χ1) is 9.04. The molecule has 1 heterocycles. The molecule has 1 aromatic carbocycles. The van der Waals surface area contributed by atoms with Crippen molar-refractivity contribution >= 4 is 23.4 Å². The van der Waals surface area contributed by atoms with Crippen molar-refractivity contribution in [3.8, 4) is 0 Å². The van der Waals surface area contributed by atoms with Crippen LogP contribution in [0.15, 0.2) is 24.3 Å². The molecule has 0 aliphatic carbocycles. The number of halogens is 1. The third-order valence-corrected chi connectivity index (χ3v) is 3.23. The van der Waals surface area contributed by atoms with Crippen molar-refractivity contribution in [1.29, 1.82) is 0 Å². The van der Waals surface area contributed by atoms with Crippen LogP contribution in [0.3, 0.4) is 0 Å². The molecule has 1 fully saturated rings. The molecule has 1 saturated heterocycles. The highest BCUT2D eigenvalue weighted by Gasteiger charge is 2.22. The van der Waals surface area contributed by atoms with Crippen LogP contribution in [-0.4, -0.2) is 47.6 Å². The number of aliphatic hydroxyl groups excluding tert-OH is 1. The lowest BCUT2D eigenvalue weighted by atomic mass is 10.2. The number of rotatable bonds is 3. The van der Waals surface area contributed by atoms with Crippen molar-refractivity contribution in [3.05, 3.63) is 34.9 Å². The van der Waals surface area contributed by atoms with Gasteiger partial charge in [-0.3, -0.25) is 19.8 Å². The van der Waals surface area contributed by atoms with Crippen LogP contribution in [0.1, 0.15) is 16.8 Å². The van der Waals surface area contributed by atoms with Gasteiger partial charge in [-0.05, 0) is 30.7 Å². The molecule has 0 spiro atoms. The average molecular weight is 283 g/mol. The topological polar surface area (TPSA) is 69.6 Å². The van der Waals surface area contributed by atoms with Crippen LogP contribution in [0.2, 0.25) is 5.02 Å². The summed E-state index contributed by atoms with van der Waals surface area (Å²) in [5.74, 6) is -0.810. The Kier molecular flexibility index (Phi) is 4.52. The molecule has 0 saturated carbocycles. The lowest BCUT2D eigenvalue weighted by Crippen LogP contribution is -2.39. The standard InChI is InChI=1S/C13H15ClN2O3/c14-10-3-1-9(2-4-10)13(19)15-12(18)8-16-6-5-11(17)7-16/h1-4,11,17H,5-8H2,(H,15,18,19). The van der Waals surface area contributed by atoms with Crippen molar-refractivity contribution in [2.75, 3.05) is 19.6 Å². The molecule has 5 nitrogen and oxygen atoms in total. The van der Waals surface area contributed by atoms with E-state index in [0.717, 1.165) is 0 Å². The lowest BCUT2D eigenvalue weighted by Gasteiger charge is -2.13. The molecular formula is C13H15ClN2O3. The summed E-state index contributed by atoms with van der Waals surface area (Å²) in [5, 5.41) is 12.2. The third kappa shape index (κ3) is 4.02.